The predicted octanol–water partition coefficient (Wildman–Crippen LogP) is 2.08. The number of allylic oxidation sites excluding steroid dienone is 1. The molecule has 1 aliphatic carbocycles. The summed E-state index contributed by atoms with van der Waals surface area (Å²) >= 11 is 0. The number of fused-ring (bicyclic) bond motifs is 3. The number of aromatic amines is 1. The van der Waals surface area contributed by atoms with E-state index in [1.165, 1.54) is 5.56 Å². The first-order chi connectivity index (χ1) is 6.84. The summed E-state index contributed by atoms with van der Waals surface area (Å²) in [6.45, 7) is 0. The first-order valence-electron chi connectivity index (χ1n) is 4.66. The minimum atomic E-state index is -0.382. The lowest BCUT2D eigenvalue weighted by molar-refractivity contribution is 0.555. The van der Waals surface area contributed by atoms with Crippen molar-refractivity contribution in [2.24, 2.45) is 0 Å². The second kappa shape index (κ2) is 2.61. The van der Waals surface area contributed by atoms with E-state index in [1.807, 2.05) is 18.2 Å². The van der Waals surface area contributed by atoms with Crippen LogP contribution in [-0.4, -0.2) is 4.98 Å². The molecule has 0 saturated heterocycles. The predicted molar refractivity (Wildman–Crippen MR) is 54.2 cm³/mol. The minimum absolute atomic E-state index is 0.382. The number of rotatable bonds is 0. The molecule has 0 unspecified atom stereocenters. The molecule has 14 heavy (non-hydrogen) atoms. The highest BCUT2D eigenvalue weighted by molar-refractivity contribution is 5.85. The van der Waals surface area contributed by atoms with Crippen molar-refractivity contribution in [2.45, 2.75) is 12.8 Å². The highest BCUT2D eigenvalue weighted by Crippen LogP contribution is 2.25. The molecule has 0 fully saturated rings. The molecule has 0 radical (unpaired) electrons. The Morgan fingerprint density at radius 2 is 2.29 bits per heavy atom. The summed E-state index contributed by atoms with van der Waals surface area (Å²) in [5, 5.41) is 0. The second-order valence-electron chi connectivity index (χ2n) is 3.47. The van der Waals surface area contributed by atoms with Gasteiger partial charge >= 0.3 is 5.76 Å². The van der Waals surface area contributed by atoms with Crippen molar-refractivity contribution in [3.63, 3.8) is 0 Å². The van der Waals surface area contributed by atoms with Crippen molar-refractivity contribution < 1.29 is 4.42 Å². The van der Waals surface area contributed by atoms with E-state index in [0.717, 1.165) is 23.9 Å². The van der Waals surface area contributed by atoms with E-state index in [0.29, 0.717) is 5.58 Å². The van der Waals surface area contributed by atoms with Crippen molar-refractivity contribution in [3.05, 3.63) is 39.9 Å². The van der Waals surface area contributed by atoms with E-state index < -0.39 is 0 Å². The van der Waals surface area contributed by atoms with Crippen LogP contribution in [0, 0.1) is 0 Å². The van der Waals surface area contributed by atoms with Crippen LogP contribution in [-0.2, 0) is 6.42 Å². The molecule has 0 atom stereocenters. The molecule has 0 spiro atoms. The summed E-state index contributed by atoms with van der Waals surface area (Å²) in [5.74, 6) is -0.382. The molecule has 3 nitrogen and oxygen atoms in total. The van der Waals surface area contributed by atoms with Gasteiger partial charge in [-0.2, -0.15) is 0 Å². The van der Waals surface area contributed by atoms with Gasteiger partial charge in [0.2, 0.25) is 0 Å². The lowest BCUT2D eigenvalue weighted by Crippen LogP contribution is -1.97. The Morgan fingerprint density at radius 1 is 1.36 bits per heavy atom. The molecular weight excluding hydrogens is 178 g/mol. The Labute approximate surface area is 80.1 Å². The van der Waals surface area contributed by atoms with Crippen LogP contribution in [0.4, 0.5) is 0 Å². The van der Waals surface area contributed by atoms with Crippen LogP contribution in [0.25, 0.3) is 17.2 Å². The van der Waals surface area contributed by atoms with E-state index in [2.05, 4.69) is 11.1 Å². The maximum absolute atomic E-state index is 11.0. The van der Waals surface area contributed by atoms with E-state index in [9.17, 15) is 4.79 Å². The van der Waals surface area contributed by atoms with Crippen LogP contribution in [0.5, 0.6) is 0 Å². The van der Waals surface area contributed by atoms with Crippen molar-refractivity contribution >= 4 is 17.2 Å². The monoisotopic (exact) mass is 187 g/mol. The second-order valence-corrected chi connectivity index (χ2v) is 3.47. The van der Waals surface area contributed by atoms with Crippen molar-refractivity contribution in [3.8, 4) is 0 Å². The van der Waals surface area contributed by atoms with Gasteiger partial charge in [-0.05, 0) is 24.5 Å². The fourth-order valence-corrected chi connectivity index (χ4v) is 1.93. The van der Waals surface area contributed by atoms with Gasteiger partial charge in [0, 0.05) is 5.56 Å². The van der Waals surface area contributed by atoms with Gasteiger partial charge in [0.05, 0.1) is 5.52 Å². The summed E-state index contributed by atoms with van der Waals surface area (Å²) < 4.78 is 4.99. The fourth-order valence-electron chi connectivity index (χ4n) is 1.93. The van der Waals surface area contributed by atoms with E-state index >= 15 is 0 Å². The molecular formula is C11H9NO2. The Bertz CT molecular complexity index is 574. The maximum atomic E-state index is 11.0. The molecule has 0 aliphatic heterocycles. The van der Waals surface area contributed by atoms with Crippen LogP contribution in [0.3, 0.4) is 0 Å². The summed E-state index contributed by atoms with van der Waals surface area (Å²) in [7, 11) is 0. The van der Waals surface area contributed by atoms with E-state index in [4.69, 9.17) is 4.42 Å². The Kier molecular flexibility index (Phi) is 1.42. The third-order valence-corrected chi connectivity index (χ3v) is 2.59. The minimum Gasteiger partial charge on any atom is -0.408 e. The quantitative estimate of drug-likeness (QED) is 0.686. The zero-order chi connectivity index (χ0) is 9.54. The number of benzene rings is 1. The number of hydrogen-bond donors (Lipinski definition) is 1. The first-order valence-corrected chi connectivity index (χ1v) is 4.66. The zero-order valence-electron chi connectivity index (χ0n) is 7.54. The lowest BCUT2D eigenvalue weighted by atomic mass is 9.96. The normalized spacial score (nSPS) is 14.6. The Balaban J connectivity index is 2.46. The highest BCUT2D eigenvalue weighted by atomic mass is 16.4. The third-order valence-electron chi connectivity index (χ3n) is 2.59. The Morgan fingerprint density at radius 3 is 3.21 bits per heavy atom. The van der Waals surface area contributed by atoms with Gasteiger partial charge in [0.1, 0.15) is 0 Å². The van der Waals surface area contributed by atoms with Crippen LogP contribution >= 0.6 is 0 Å². The van der Waals surface area contributed by atoms with Crippen LogP contribution in [0.15, 0.2) is 27.4 Å². The van der Waals surface area contributed by atoms with Crippen molar-refractivity contribution in [2.75, 3.05) is 0 Å². The lowest BCUT2D eigenvalue weighted by Gasteiger charge is -2.09. The summed E-state index contributed by atoms with van der Waals surface area (Å²) in [5.41, 5.74) is 3.83. The van der Waals surface area contributed by atoms with Gasteiger partial charge in [-0.3, -0.25) is 4.98 Å². The van der Waals surface area contributed by atoms with Gasteiger partial charge in [0.15, 0.2) is 5.58 Å². The molecule has 3 rings (SSSR count). The van der Waals surface area contributed by atoms with Crippen LogP contribution in [0.1, 0.15) is 17.5 Å². The van der Waals surface area contributed by atoms with E-state index in [-0.39, 0.29) is 5.76 Å². The zero-order valence-corrected chi connectivity index (χ0v) is 7.54. The number of aromatic nitrogens is 1. The number of oxazole rings is 1. The topological polar surface area (TPSA) is 46.0 Å². The molecule has 1 heterocycles. The van der Waals surface area contributed by atoms with E-state index in [1.54, 1.807) is 0 Å². The first kappa shape index (κ1) is 7.62. The smallest absolute Gasteiger partial charge is 0.408 e. The third kappa shape index (κ3) is 0.954. The standard InChI is InChI=1S/C11H9NO2/c13-11-12-10-8-4-2-1-3-7(8)5-6-9(10)14-11/h2,4-6H,1,3H2,(H,12,13). The number of H-pyrrole nitrogens is 1. The maximum Gasteiger partial charge on any atom is 0.417 e. The SMILES string of the molecule is O=c1[nH]c2c3c(ccc2o1)CCC=C3. The fraction of sp³-hybridized carbons (Fsp3) is 0.182. The summed E-state index contributed by atoms with van der Waals surface area (Å²) in [6, 6.07) is 3.88. The molecule has 1 N–H and O–H groups in total. The number of nitrogens with one attached hydrogen (secondary N) is 1. The molecule has 0 amide bonds. The largest absolute Gasteiger partial charge is 0.417 e. The van der Waals surface area contributed by atoms with Gasteiger partial charge in [-0.15, -0.1) is 0 Å². The van der Waals surface area contributed by atoms with Gasteiger partial charge < -0.3 is 4.42 Å². The average molecular weight is 187 g/mol. The van der Waals surface area contributed by atoms with Crippen LogP contribution in [0.2, 0.25) is 0 Å². The van der Waals surface area contributed by atoms with Crippen molar-refractivity contribution in [1.29, 1.82) is 0 Å². The van der Waals surface area contributed by atoms with Crippen molar-refractivity contribution in [1.82, 2.24) is 4.98 Å². The molecule has 1 aromatic heterocycles. The average Bonchev–Trinajstić information content (AvgIpc) is 2.59. The van der Waals surface area contributed by atoms with Gasteiger partial charge in [-0.1, -0.05) is 18.2 Å². The Hall–Kier alpha value is -1.77. The summed E-state index contributed by atoms with van der Waals surface area (Å²) in [6.07, 6.45) is 6.27. The molecule has 1 aliphatic rings. The molecule has 70 valence electrons. The molecule has 3 heteroatoms. The molecule has 2 aromatic rings. The molecule has 1 aromatic carbocycles. The molecule has 0 saturated carbocycles. The van der Waals surface area contributed by atoms with Gasteiger partial charge in [0.25, 0.3) is 0 Å². The van der Waals surface area contributed by atoms with Crippen LogP contribution < -0.4 is 5.76 Å². The van der Waals surface area contributed by atoms with Gasteiger partial charge in [-0.25, -0.2) is 4.79 Å². The summed E-state index contributed by atoms with van der Waals surface area (Å²) in [4.78, 5) is 13.7. The molecule has 0 bridgehead atoms. The highest BCUT2D eigenvalue weighted by Gasteiger charge is 2.11. The number of hydrogen-bond acceptors (Lipinski definition) is 2. The number of aryl methyl sites for hydroxylation is 1.